The molecule has 1 unspecified atom stereocenters. The maximum Gasteiger partial charge on any atom is 0.254 e. The molecule has 16 heavy (non-hydrogen) atoms. The monoisotopic (exact) mass is 223 g/mol. The summed E-state index contributed by atoms with van der Waals surface area (Å²) in [7, 11) is 0. The summed E-state index contributed by atoms with van der Waals surface area (Å²) in [5.41, 5.74) is 0.575. The zero-order valence-corrected chi connectivity index (χ0v) is 9.40. The van der Waals surface area contributed by atoms with Crippen molar-refractivity contribution < 1.29 is 14.3 Å². The minimum Gasteiger partial charge on any atom is -0.469 e. The van der Waals surface area contributed by atoms with E-state index < -0.39 is 6.10 Å². The van der Waals surface area contributed by atoms with Crippen molar-refractivity contribution in [1.82, 2.24) is 5.32 Å². The summed E-state index contributed by atoms with van der Waals surface area (Å²) in [5.74, 6) is 0.916. The van der Waals surface area contributed by atoms with Crippen molar-refractivity contribution in [3.63, 3.8) is 0 Å². The zero-order chi connectivity index (χ0) is 11.5. The molecule has 88 valence electrons. The van der Waals surface area contributed by atoms with E-state index in [9.17, 15) is 9.90 Å². The molecule has 1 aliphatic carbocycles. The summed E-state index contributed by atoms with van der Waals surface area (Å²) < 4.78 is 5.18. The molecule has 1 amide bonds. The molecule has 0 bridgehead atoms. The van der Waals surface area contributed by atoms with Crippen molar-refractivity contribution in [1.29, 1.82) is 0 Å². The lowest BCUT2D eigenvalue weighted by atomic mass is 10.2. The zero-order valence-electron chi connectivity index (χ0n) is 9.40. The summed E-state index contributed by atoms with van der Waals surface area (Å²) in [6.45, 7) is 2.27. The minimum atomic E-state index is -0.402. The van der Waals surface area contributed by atoms with E-state index in [0.29, 0.717) is 30.2 Å². The fraction of sp³-hybridized carbons (Fsp3) is 0.583. The normalized spacial score (nSPS) is 17.1. The molecule has 4 nitrogen and oxygen atoms in total. The second-order valence-electron chi connectivity index (χ2n) is 4.23. The highest BCUT2D eigenvalue weighted by Gasteiger charge is 2.29. The van der Waals surface area contributed by atoms with Crippen LogP contribution in [0, 0.1) is 5.92 Å². The van der Waals surface area contributed by atoms with E-state index in [1.54, 1.807) is 6.07 Å². The first-order valence-electron chi connectivity index (χ1n) is 5.75. The molecule has 1 aliphatic rings. The van der Waals surface area contributed by atoms with Crippen molar-refractivity contribution >= 4 is 5.91 Å². The van der Waals surface area contributed by atoms with Gasteiger partial charge in [-0.1, -0.05) is 6.92 Å². The average Bonchev–Trinajstić information content (AvgIpc) is 3.03. The number of rotatable bonds is 5. The van der Waals surface area contributed by atoms with Crippen LogP contribution in [0.25, 0.3) is 0 Å². The Morgan fingerprint density at radius 3 is 3.06 bits per heavy atom. The predicted molar refractivity (Wildman–Crippen MR) is 59.2 cm³/mol. The van der Waals surface area contributed by atoms with E-state index in [2.05, 4.69) is 5.32 Å². The van der Waals surface area contributed by atoms with Crippen molar-refractivity contribution in [3.05, 3.63) is 23.7 Å². The van der Waals surface area contributed by atoms with Crippen molar-refractivity contribution in [2.75, 3.05) is 6.54 Å². The third-order valence-electron chi connectivity index (χ3n) is 2.95. The number of carbonyl (C=O) groups excluding carboxylic acids is 1. The Bertz CT molecular complexity index is 368. The standard InChI is InChI=1S/C12H17NO3/c1-2-11-9(5-6-16-11)12(15)13-7-10(14)8-3-4-8/h5-6,8,10,14H,2-4,7H2,1H3,(H,13,15). The smallest absolute Gasteiger partial charge is 0.254 e. The number of amides is 1. The number of carbonyl (C=O) groups is 1. The summed E-state index contributed by atoms with van der Waals surface area (Å²) in [6.07, 6.45) is 3.96. The molecular formula is C12H17NO3. The van der Waals surface area contributed by atoms with Gasteiger partial charge in [-0.25, -0.2) is 0 Å². The van der Waals surface area contributed by atoms with E-state index in [-0.39, 0.29) is 5.91 Å². The molecule has 0 spiro atoms. The van der Waals surface area contributed by atoms with Gasteiger partial charge in [0.05, 0.1) is 17.9 Å². The molecule has 2 rings (SSSR count). The first-order chi connectivity index (χ1) is 7.72. The number of hydrogen-bond acceptors (Lipinski definition) is 3. The quantitative estimate of drug-likeness (QED) is 0.791. The van der Waals surface area contributed by atoms with Crippen LogP contribution in [0.15, 0.2) is 16.7 Å². The van der Waals surface area contributed by atoms with Crippen LogP contribution in [0.3, 0.4) is 0 Å². The molecule has 1 saturated carbocycles. The third-order valence-corrected chi connectivity index (χ3v) is 2.95. The Kier molecular flexibility index (Phi) is 3.29. The molecule has 1 aromatic heterocycles. The first kappa shape index (κ1) is 11.2. The van der Waals surface area contributed by atoms with Gasteiger partial charge in [0.1, 0.15) is 5.76 Å². The Morgan fingerprint density at radius 1 is 1.69 bits per heavy atom. The lowest BCUT2D eigenvalue weighted by Crippen LogP contribution is -2.33. The molecular weight excluding hydrogens is 206 g/mol. The van der Waals surface area contributed by atoms with Crippen LogP contribution < -0.4 is 5.32 Å². The SMILES string of the molecule is CCc1occc1C(=O)NCC(O)C1CC1. The number of nitrogens with one attached hydrogen (secondary N) is 1. The highest BCUT2D eigenvalue weighted by Crippen LogP contribution is 2.32. The Balaban J connectivity index is 1.87. The van der Waals surface area contributed by atoms with E-state index >= 15 is 0 Å². The van der Waals surface area contributed by atoms with Crippen LogP contribution in [0.2, 0.25) is 0 Å². The number of aliphatic hydroxyl groups is 1. The topological polar surface area (TPSA) is 62.5 Å². The van der Waals surface area contributed by atoms with Gasteiger partial charge in [-0.05, 0) is 24.8 Å². The van der Waals surface area contributed by atoms with E-state index in [1.165, 1.54) is 6.26 Å². The first-order valence-corrected chi connectivity index (χ1v) is 5.75. The fourth-order valence-corrected chi connectivity index (χ4v) is 1.76. The second-order valence-corrected chi connectivity index (χ2v) is 4.23. The molecule has 0 aromatic carbocycles. The molecule has 2 N–H and O–H groups in total. The van der Waals surface area contributed by atoms with Crippen LogP contribution in [0.4, 0.5) is 0 Å². The number of hydrogen-bond donors (Lipinski definition) is 2. The van der Waals surface area contributed by atoms with E-state index in [0.717, 1.165) is 12.8 Å². The van der Waals surface area contributed by atoms with Crippen molar-refractivity contribution in [2.24, 2.45) is 5.92 Å². The van der Waals surface area contributed by atoms with E-state index in [1.807, 2.05) is 6.92 Å². The Hall–Kier alpha value is -1.29. The lowest BCUT2D eigenvalue weighted by molar-refractivity contribution is 0.0899. The van der Waals surface area contributed by atoms with Gasteiger partial charge < -0.3 is 14.8 Å². The number of aryl methyl sites for hydroxylation is 1. The summed E-state index contributed by atoms with van der Waals surface area (Å²) in [5, 5.41) is 12.4. The van der Waals surface area contributed by atoms with E-state index in [4.69, 9.17) is 4.42 Å². The Morgan fingerprint density at radius 2 is 2.44 bits per heavy atom. The van der Waals surface area contributed by atoms with Crippen molar-refractivity contribution in [2.45, 2.75) is 32.3 Å². The summed E-state index contributed by atoms with van der Waals surface area (Å²) >= 11 is 0. The fourth-order valence-electron chi connectivity index (χ4n) is 1.76. The summed E-state index contributed by atoms with van der Waals surface area (Å²) in [6, 6.07) is 1.66. The maximum atomic E-state index is 11.8. The van der Waals surface area contributed by atoms with Crippen LogP contribution in [-0.2, 0) is 6.42 Å². The Labute approximate surface area is 94.6 Å². The molecule has 1 atom stereocenters. The van der Waals surface area contributed by atoms with Gasteiger partial charge in [0.15, 0.2) is 0 Å². The third kappa shape index (κ3) is 2.44. The highest BCUT2D eigenvalue weighted by molar-refractivity contribution is 5.95. The minimum absolute atomic E-state index is 0.162. The van der Waals surface area contributed by atoms with Crippen LogP contribution in [0.5, 0.6) is 0 Å². The molecule has 1 aromatic rings. The lowest BCUT2D eigenvalue weighted by Gasteiger charge is -2.10. The summed E-state index contributed by atoms with van der Waals surface area (Å²) in [4.78, 5) is 11.8. The van der Waals surface area contributed by atoms with Gasteiger partial charge in [-0.3, -0.25) is 4.79 Å². The van der Waals surface area contributed by atoms with Gasteiger partial charge >= 0.3 is 0 Å². The van der Waals surface area contributed by atoms with Crippen LogP contribution >= 0.6 is 0 Å². The van der Waals surface area contributed by atoms with Gasteiger partial charge in [0, 0.05) is 13.0 Å². The highest BCUT2D eigenvalue weighted by atomic mass is 16.3. The van der Waals surface area contributed by atoms with Crippen molar-refractivity contribution in [3.8, 4) is 0 Å². The maximum absolute atomic E-state index is 11.8. The van der Waals surface area contributed by atoms with Crippen LogP contribution in [-0.4, -0.2) is 23.7 Å². The molecule has 1 heterocycles. The molecule has 4 heteroatoms. The van der Waals surface area contributed by atoms with Gasteiger partial charge in [-0.2, -0.15) is 0 Å². The average molecular weight is 223 g/mol. The molecule has 1 fully saturated rings. The second kappa shape index (κ2) is 4.70. The molecule has 0 radical (unpaired) electrons. The van der Waals surface area contributed by atoms with Gasteiger partial charge in [0.2, 0.25) is 0 Å². The number of furan rings is 1. The largest absolute Gasteiger partial charge is 0.469 e. The number of aliphatic hydroxyl groups excluding tert-OH is 1. The molecule has 0 saturated heterocycles. The van der Waals surface area contributed by atoms with Gasteiger partial charge in [0.25, 0.3) is 5.91 Å². The predicted octanol–water partition coefficient (Wildman–Crippen LogP) is 1.34. The van der Waals surface area contributed by atoms with Crippen LogP contribution in [0.1, 0.15) is 35.9 Å². The van der Waals surface area contributed by atoms with Gasteiger partial charge in [-0.15, -0.1) is 0 Å². The molecule has 0 aliphatic heterocycles.